The van der Waals surface area contributed by atoms with Crippen LogP contribution < -0.4 is 15.0 Å². The van der Waals surface area contributed by atoms with Gasteiger partial charge in [0.05, 0.1) is 19.3 Å². The van der Waals surface area contributed by atoms with Gasteiger partial charge in [0.1, 0.15) is 5.75 Å². The van der Waals surface area contributed by atoms with Gasteiger partial charge in [-0.05, 0) is 31.2 Å². The molecular weight excluding hydrogens is 298 g/mol. The molecule has 0 aromatic heterocycles. The number of aliphatic hydroxyl groups is 1. The molecule has 23 heavy (non-hydrogen) atoms. The van der Waals surface area contributed by atoms with Crippen molar-refractivity contribution < 1.29 is 19.4 Å². The second-order valence-corrected chi connectivity index (χ2v) is 5.43. The van der Waals surface area contributed by atoms with Crippen LogP contribution in [0.2, 0.25) is 0 Å². The number of hydrogen-bond acceptors (Lipinski definition) is 4. The van der Waals surface area contributed by atoms with Crippen LogP contribution in [-0.2, 0) is 4.79 Å². The van der Waals surface area contributed by atoms with Crippen molar-refractivity contribution in [3.63, 3.8) is 0 Å². The number of carbonyl (C=O) groups excluding carboxylic acids is 2. The van der Waals surface area contributed by atoms with E-state index in [9.17, 15) is 9.59 Å². The SMILES string of the molecule is CCOc1ccc(N2CC(NC(=O)N(C)CCO)CC2=O)cc1. The molecule has 2 N–H and O–H groups in total. The molecule has 2 rings (SSSR count). The molecule has 1 saturated heterocycles. The van der Waals surface area contributed by atoms with Crippen LogP contribution in [-0.4, -0.2) is 61.3 Å². The third-order valence-electron chi connectivity index (χ3n) is 3.69. The zero-order valence-corrected chi connectivity index (χ0v) is 13.5. The maximum atomic E-state index is 12.2. The van der Waals surface area contributed by atoms with Gasteiger partial charge in [0.15, 0.2) is 0 Å². The highest BCUT2D eigenvalue weighted by molar-refractivity contribution is 5.96. The molecule has 0 saturated carbocycles. The molecule has 1 heterocycles. The summed E-state index contributed by atoms with van der Waals surface area (Å²) in [5, 5.41) is 11.7. The summed E-state index contributed by atoms with van der Waals surface area (Å²) in [4.78, 5) is 27.1. The van der Waals surface area contributed by atoms with Crippen LogP contribution in [0.15, 0.2) is 24.3 Å². The van der Waals surface area contributed by atoms with Gasteiger partial charge < -0.3 is 25.0 Å². The molecule has 1 aromatic rings. The molecule has 3 amide bonds. The Hall–Kier alpha value is -2.28. The maximum absolute atomic E-state index is 12.2. The average molecular weight is 321 g/mol. The van der Waals surface area contributed by atoms with E-state index in [-0.39, 0.29) is 37.6 Å². The molecular formula is C16H23N3O4. The zero-order chi connectivity index (χ0) is 16.8. The predicted molar refractivity (Wildman–Crippen MR) is 86.6 cm³/mol. The summed E-state index contributed by atoms with van der Waals surface area (Å²) in [7, 11) is 1.60. The highest BCUT2D eigenvalue weighted by atomic mass is 16.5. The van der Waals surface area contributed by atoms with Gasteiger partial charge in [0, 0.05) is 32.2 Å². The number of urea groups is 1. The molecule has 0 aliphatic carbocycles. The topological polar surface area (TPSA) is 82.1 Å². The molecule has 0 bridgehead atoms. The van der Waals surface area contributed by atoms with Crippen LogP contribution in [0.4, 0.5) is 10.5 Å². The highest BCUT2D eigenvalue weighted by Gasteiger charge is 2.32. The lowest BCUT2D eigenvalue weighted by molar-refractivity contribution is -0.117. The molecule has 1 aliphatic rings. The number of likely N-dealkylation sites (N-methyl/N-ethyl adjacent to an activating group) is 1. The molecule has 1 aliphatic heterocycles. The summed E-state index contributed by atoms with van der Waals surface area (Å²) < 4.78 is 5.39. The first kappa shape index (κ1) is 17.1. The minimum Gasteiger partial charge on any atom is -0.494 e. The smallest absolute Gasteiger partial charge is 0.317 e. The standard InChI is InChI=1S/C16H23N3O4/c1-3-23-14-6-4-13(5-7-14)19-11-12(10-15(19)21)17-16(22)18(2)8-9-20/h4-7,12,20H,3,8-11H2,1-2H3,(H,17,22). The molecule has 1 unspecified atom stereocenters. The van der Waals surface area contributed by atoms with Gasteiger partial charge in [-0.2, -0.15) is 0 Å². The normalized spacial score (nSPS) is 17.3. The number of nitrogens with one attached hydrogen (secondary N) is 1. The molecule has 126 valence electrons. The van der Waals surface area contributed by atoms with E-state index in [1.807, 2.05) is 31.2 Å². The Morgan fingerprint density at radius 2 is 2.13 bits per heavy atom. The van der Waals surface area contributed by atoms with Crippen LogP contribution in [0.25, 0.3) is 0 Å². The Bertz CT molecular complexity index is 547. The first-order valence-electron chi connectivity index (χ1n) is 7.70. The van der Waals surface area contributed by atoms with Crippen molar-refractivity contribution in [2.45, 2.75) is 19.4 Å². The summed E-state index contributed by atoms with van der Waals surface area (Å²) >= 11 is 0. The number of aliphatic hydroxyl groups excluding tert-OH is 1. The molecule has 1 fully saturated rings. The summed E-state index contributed by atoms with van der Waals surface area (Å²) in [5.74, 6) is 0.739. The second-order valence-electron chi connectivity index (χ2n) is 5.43. The van der Waals surface area contributed by atoms with Gasteiger partial charge in [-0.1, -0.05) is 0 Å². The molecule has 0 radical (unpaired) electrons. The molecule has 7 heteroatoms. The zero-order valence-electron chi connectivity index (χ0n) is 13.5. The van der Waals surface area contributed by atoms with Crippen LogP contribution in [0.1, 0.15) is 13.3 Å². The van der Waals surface area contributed by atoms with Gasteiger partial charge in [0.2, 0.25) is 5.91 Å². The first-order valence-corrected chi connectivity index (χ1v) is 7.70. The van der Waals surface area contributed by atoms with Crippen molar-refractivity contribution in [2.24, 2.45) is 0 Å². The summed E-state index contributed by atoms with van der Waals surface area (Å²) in [6, 6.07) is 6.81. The van der Waals surface area contributed by atoms with E-state index in [1.165, 1.54) is 4.90 Å². The van der Waals surface area contributed by atoms with E-state index < -0.39 is 0 Å². The Morgan fingerprint density at radius 3 is 2.74 bits per heavy atom. The molecule has 1 aromatic carbocycles. The van der Waals surface area contributed by atoms with Crippen molar-refractivity contribution >= 4 is 17.6 Å². The molecule has 1 atom stereocenters. The molecule has 7 nitrogen and oxygen atoms in total. The Morgan fingerprint density at radius 1 is 1.43 bits per heavy atom. The number of hydrogen-bond donors (Lipinski definition) is 2. The monoisotopic (exact) mass is 321 g/mol. The van der Waals surface area contributed by atoms with Crippen LogP contribution in [0.5, 0.6) is 5.75 Å². The summed E-state index contributed by atoms with van der Waals surface area (Å²) in [6.45, 7) is 3.11. The third kappa shape index (κ3) is 4.35. The number of benzene rings is 1. The minimum absolute atomic E-state index is 0.0238. The largest absolute Gasteiger partial charge is 0.494 e. The van der Waals surface area contributed by atoms with Gasteiger partial charge in [0.25, 0.3) is 0 Å². The van der Waals surface area contributed by atoms with Gasteiger partial charge in [-0.3, -0.25) is 4.79 Å². The summed E-state index contributed by atoms with van der Waals surface area (Å²) in [5.41, 5.74) is 0.791. The van der Waals surface area contributed by atoms with E-state index in [0.717, 1.165) is 11.4 Å². The fourth-order valence-electron chi connectivity index (χ4n) is 2.48. The third-order valence-corrected chi connectivity index (χ3v) is 3.69. The number of ether oxygens (including phenoxy) is 1. The fraction of sp³-hybridized carbons (Fsp3) is 0.500. The number of nitrogens with zero attached hydrogens (tertiary/aromatic N) is 2. The quantitative estimate of drug-likeness (QED) is 0.813. The lowest BCUT2D eigenvalue weighted by Crippen LogP contribution is -2.45. The number of anilines is 1. The highest BCUT2D eigenvalue weighted by Crippen LogP contribution is 2.24. The van der Waals surface area contributed by atoms with Crippen molar-refractivity contribution in [3.05, 3.63) is 24.3 Å². The van der Waals surface area contributed by atoms with Crippen LogP contribution in [0.3, 0.4) is 0 Å². The van der Waals surface area contributed by atoms with Gasteiger partial charge in [-0.15, -0.1) is 0 Å². The van der Waals surface area contributed by atoms with E-state index in [2.05, 4.69) is 5.32 Å². The van der Waals surface area contributed by atoms with Crippen molar-refractivity contribution in [2.75, 3.05) is 38.3 Å². The summed E-state index contributed by atoms with van der Waals surface area (Å²) in [6.07, 6.45) is 0.270. The Labute approximate surface area is 135 Å². The number of rotatable bonds is 6. The van der Waals surface area contributed by atoms with E-state index in [4.69, 9.17) is 9.84 Å². The number of carbonyl (C=O) groups is 2. The van der Waals surface area contributed by atoms with Crippen LogP contribution in [0, 0.1) is 0 Å². The van der Waals surface area contributed by atoms with Crippen molar-refractivity contribution in [1.29, 1.82) is 0 Å². The van der Waals surface area contributed by atoms with Gasteiger partial charge >= 0.3 is 6.03 Å². The average Bonchev–Trinajstić information content (AvgIpc) is 2.89. The second kappa shape index (κ2) is 7.82. The van der Waals surface area contributed by atoms with E-state index >= 15 is 0 Å². The minimum atomic E-state index is -0.287. The lowest BCUT2D eigenvalue weighted by Gasteiger charge is -2.21. The van der Waals surface area contributed by atoms with Crippen LogP contribution >= 0.6 is 0 Å². The van der Waals surface area contributed by atoms with Gasteiger partial charge in [-0.25, -0.2) is 4.79 Å². The molecule has 0 spiro atoms. The van der Waals surface area contributed by atoms with Crippen molar-refractivity contribution in [3.8, 4) is 5.75 Å². The fourth-order valence-corrected chi connectivity index (χ4v) is 2.48. The van der Waals surface area contributed by atoms with E-state index in [1.54, 1.807) is 11.9 Å². The Balaban J connectivity index is 1.95. The van der Waals surface area contributed by atoms with Crippen molar-refractivity contribution in [1.82, 2.24) is 10.2 Å². The lowest BCUT2D eigenvalue weighted by atomic mass is 10.2. The number of amides is 3. The first-order chi connectivity index (χ1) is 11.0. The van der Waals surface area contributed by atoms with E-state index in [0.29, 0.717) is 13.2 Å². The Kier molecular flexibility index (Phi) is 5.81. The predicted octanol–water partition coefficient (Wildman–Crippen LogP) is 0.824. The maximum Gasteiger partial charge on any atom is 0.317 e.